The van der Waals surface area contributed by atoms with Gasteiger partial charge in [0, 0.05) is 26.3 Å². The van der Waals surface area contributed by atoms with Gasteiger partial charge in [-0.25, -0.2) is 4.79 Å². The summed E-state index contributed by atoms with van der Waals surface area (Å²) in [4.78, 5) is 27.5. The number of alkyl halides is 1. The van der Waals surface area contributed by atoms with Crippen LogP contribution in [0, 0.1) is 23.7 Å². The Kier molecular flexibility index (Phi) is 10.8. The predicted molar refractivity (Wildman–Crippen MR) is 186 cm³/mol. The first kappa shape index (κ1) is 36.9. The molecule has 0 radical (unpaired) electrons. The molecule has 1 aromatic heterocycles. The molecule has 12 atom stereocenters. The quantitative estimate of drug-likeness (QED) is 0.233. The van der Waals surface area contributed by atoms with Crippen LogP contribution in [0.25, 0.3) is 0 Å². The molecule has 3 fully saturated rings. The van der Waals surface area contributed by atoms with Crippen LogP contribution in [0.5, 0.6) is 0 Å². The van der Waals surface area contributed by atoms with Crippen LogP contribution in [0.4, 0.5) is 0 Å². The minimum atomic E-state index is -1.86. The molecule has 0 aromatic carbocycles. The number of fused-ring (bicyclic) bond motifs is 2. The summed E-state index contributed by atoms with van der Waals surface area (Å²) in [5.41, 5.74) is 0.234. The SMILES string of the molecule is CC[C@H](C)C1O[C@]2(CC[C@@H]1C)CC1CC(C/C=C(\C)[C@H](Cl)[C@@H](C)/C=C/C=C3\CO[C@@H]4[C@H](OC(=O)c5cn(C)nn5)C(C)=CC(C(=O)O1)[C@]34O)O2. The molecule has 0 saturated carbocycles. The number of hydrogen-bond donors (Lipinski definition) is 1. The molecule has 3 saturated heterocycles. The number of carbonyl (C=O) groups excluding carboxylic acids is 2. The molecular weight excluding hydrogens is 662 g/mol. The fraction of sp³-hybridized carbons (Fsp3) is 0.684. The van der Waals surface area contributed by atoms with Crippen molar-refractivity contribution in [3.63, 3.8) is 0 Å². The maximum atomic E-state index is 14.4. The van der Waals surface area contributed by atoms with Gasteiger partial charge in [-0.3, -0.25) is 9.48 Å². The van der Waals surface area contributed by atoms with Crippen molar-refractivity contribution in [2.45, 2.75) is 127 Å². The number of rotatable bonds is 4. The molecule has 1 N–H and O–H groups in total. The third kappa shape index (κ3) is 7.13. The van der Waals surface area contributed by atoms with Gasteiger partial charge in [-0.1, -0.05) is 75.3 Å². The number of esters is 2. The van der Waals surface area contributed by atoms with Crippen molar-refractivity contribution in [1.82, 2.24) is 15.0 Å². The minimum absolute atomic E-state index is 0.0223. The smallest absolute Gasteiger partial charge is 0.361 e. The Morgan fingerprint density at radius 1 is 1.22 bits per heavy atom. The Labute approximate surface area is 300 Å². The highest BCUT2D eigenvalue weighted by Crippen LogP contribution is 2.48. The monoisotopic (exact) mass is 713 g/mol. The molecule has 1 aromatic rings. The van der Waals surface area contributed by atoms with Crippen LogP contribution >= 0.6 is 11.6 Å². The molecule has 1 spiro atoms. The van der Waals surface area contributed by atoms with Crippen LogP contribution < -0.4 is 0 Å². The van der Waals surface area contributed by atoms with Gasteiger partial charge >= 0.3 is 11.9 Å². The lowest BCUT2D eigenvalue weighted by atomic mass is 9.70. The Balaban J connectivity index is 1.37. The molecule has 5 heterocycles. The van der Waals surface area contributed by atoms with Gasteiger partial charge in [0.1, 0.15) is 23.7 Å². The molecular formula is C38H52ClN3O8. The number of aromatic nitrogens is 3. The van der Waals surface area contributed by atoms with Crippen LogP contribution in [-0.2, 0) is 35.5 Å². The Morgan fingerprint density at radius 3 is 2.72 bits per heavy atom. The highest BCUT2D eigenvalue weighted by Gasteiger charge is 2.61. The number of aliphatic hydroxyl groups is 1. The van der Waals surface area contributed by atoms with Gasteiger partial charge in [0.05, 0.1) is 30.4 Å². The molecule has 2 bridgehead atoms. The molecule has 11 nitrogen and oxygen atoms in total. The van der Waals surface area contributed by atoms with Gasteiger partial charge in [-0.2, -0.15) is 0 Å². The third-order valence-corrected chi connectivity index (χ3v) is 12.2. The van der Waals surface area contributed by atoms with E-state index in [1.807, 2.05) is 26.0 Å². The van der Waals surface area contributed by atoms with Crippen molar-refractivity contribution >= 4 is 23.5 Å². The normalized spacial score (nSPS) is 42.6. The molecule has 1 aliphatic carbocycles. The number of nitrogens with zero attached hydrogens (tertiary/aromatic N) is 3. The van der Waals surface area contributed by atoms with Gasteiger partial charge in [0.2, 0.25) is 0 Å². The minimum Gasteiger partial charge on any atom is -0.462 e. The number of carbonyl (C=O) groups is 2. The predicted octanol–water partition coefficient (Wildman–Crippen LogP) is 5.77. The van der Waals surface area contributed by atoms with E-state index in [1.165, 1.54) is 10.9 Å². The largest absolute Gasteiger partial charge is 0.462 e. The van der Waals surface area contributed by atoms with E-state index in [4.69, 9.17) is 35.3 Å². The second-order valence-electron chi connectivity index (χ2n) is 15.2. The number of allylic oxidation sites excluding steroid dienone is 4. The molecule has 6 rings (SSSR count). The van der Waals surface area contributed by atoms with Crippen LogP contribution in [0.1, 0.15) is 90.6 Å². The first-order valence-corrected chi connectivity index (χ1v) is 18.5. The fourth-order valence-corrected chi connectivity index (χ4v) is 8.46. The Hall–Kier alpha value is -2.83. The topological polar surface area (TPSA) is 131 Å². The molecule has 50 heavy (non-hydrogen) atoms. The van der Waals surface area contributed by atoms with Crippen molar-refractivity contribution in [3.8, 4) is 0 Å². The van der Waals surface area contributed by atoms with Crippen molar-refractivity contribution < 1.29 is 38.4 Å². The summed E-state index contributed by atoms with van der Waals surface area (Å²) < 4.78 is 33.6. The Morgan fingerprint density at radius 2 is 2.00 bits per heavy atom. The zero-order valence-corrected chi connectivity index (χ0v) is 31.0. The molecule has 4 unspecified atom stereocenters. The van der Waals surface area contributed by atoms with Crippen molar-refractivity contribution in [3.05, 3.63) is 59.0 Å². The van der Waals surface area contributed by atoms with Crippen LogP contribution in [0.2, 0.25) is 0 Å². The lowest BCUT2D eigenvalue weighted by molar-refractivity contribution is -0.340. The maximum Gasteiger partial charge on any atom is 0.361 e. The number of hydrogen-bond acceptors (Lipinski definition) is 10. The van der Waals surface area contributed by atoms with Crippen LogP contribution in [-0.4, -0.2) is 85.9 Å². The zero-order valence-electron chi connectivity index (χ0n) is 30.2. The Bertz CT molecular complexity index is 1570. The highest BCUT2D eigenvalue weighted by molar-refractivity contribution is 6.22. The zero-order chi connectivity index (χ0) is 36.0. The van der Waals surface area contributed by atoms with Gasteiger partial charge in [-0.05, 0) is 55.6 Å². The number of ether oxygens (including phenoxy) is 5. The summed E-state index contributed by atoms with van der Waals surface area (Å²) in [7, 11) is 1.65. The molecule has 274 valence electrons. The van der Waals surface area contributed by atoms with Gasteiger partial charge < -0.3 is 28.8 Å². The van der Waals surface area contributed by atoms with Crippen molar-refractivity contribution in [2.75, 3.05) is 6.61 Å². The average Bonchev–Trinajstić information content (AvgIpc) is 3.67. The summed E-state index contributed by atoms with van der Waals surface area (Å²) >= 11 is 6.96. The van der Waals surface area contributed by atoms with Crippen LogP contribution in [0.15, 0.2) is 53.3 Å². The lowest BCUT2D eigenvalue weighted by Gasteiger charge is -2.51. The van der Waals surface area contributed by atoms with E-state index in [0.717, 1.165) is 18.4 Å². The maximum absolute atomic E-state index is 14.4. The van der Waals surface area contributed by atoms with E-state index in [-0.39, 0.29) is 35.8 Å². The third-order valence-electron chi connectivity index (χ3n) is 11.4. The lowest BCUT2D eigenvalue weighted by Crippen LogP contribution is -2.59. The number of halogens is 1. The standard InChI is InChI=1S/C38H52ClN3O8/c1-8-21(2)32-24(5)14-15-37(50-32)18-28-17-27(49-37)13-12-23(4)31(39)22(3)10-9-11-26-20-46-34-33(48-36(44)30-19-42(7)41-40-30)25(6)16-29(35(43)47-28)38(26,34)45/h9-12,16,19,21-22,24,27-29,31-34,45H,8,13-15,17-18,20H2,1-7H3/b10-9+,23-12+,26-11+/t21-,22-,24-,27?,28?,29?,31+,32?,33+,34+,37+,38+/m0/s1. The van der Waals surface area contributed by atoms with Crippen molar-refractivity contribution in [2.24, 2.45) is 30.7 Å². The average molecular weight is 714 g/mol. The second-order valence-corrected chi connectivity index (χ2v) is 15.7. The summed E-state index contributed by atoms with van der Waals surface area (Å²) in [6.07, 6.45) is 12.1. The first-order valence-electron chi connectivity index (χ1n) is 18.1. The first-order chi connectivity index (χ1) is 23.7. The molecule has 12 heteroatoms. The second kappa shape index (κ2) is 14.7. The number of aryl methyl sites for hydroxylation is 1. The van der Waals surface area contributed by atoms with Gasteiger partial charge in [-0.15, -0.1) is 16.7 Å². The van der Waals surface area contributed by atoms with E-state index in [0.29, 0.717) is 48.7 Å². The van der Waals surface area contributed by atoms with E-state index < -0.39 is 47.6 Å². The van der Waals surface area contributed by atoms with Crippen LogP contribution in [0.3, 0.4) is 0 Å². The van der Waals surface area contributed by atoms with E-state index in [9.17, 15) is 14.7 Å². The molecule has 5 aliphatic rings. The van der Waals surface area contributed by atoms with Crippen molar-refractivity contribution in [1.29, 1.82) is 0 Å². The highest BCUT2D eigenvalue weighted by atomic mass is 35.5. The van der Waals surface area contributed by atoms with Gasteiger partial charge in [0.15, 0.2) is 17.6 Å². The van der Waals surface area contributed by atoms with E-state index >= 15 is 0 Å². The summed E-state index contributed by atoms with van der Waals surface area (Å²) in [6, 6.07) is 0. The van der Waals surface area contributed by atoms with E-state index in [2.05, 4.69) is 37.2 Å². The molecule has 0 amide bonds. The molecule has 4 aliphatic heterocycles. The van der Waals surface area contributed by atoms with E-state index in [1.54, 1.807) is 26.1 Å². The fourth-order valence-electron chi connectivity index (χ4n) is 8.29. The summed E-state index contributed by atoms with van der Waals surface area (Å²) in [6.45, 7) is 12.5. The summed E-state index contributed by atoms with van der Waals surface area (Å²) in [5.74, 6) is -2.61. The van der Waals surface area contributed by atoms with Gasteiger partial charge in [0.25, 0.3) is 0 Å². The summed E-state index contributed by atoms with van der Waals surface area (Å²) in [5, 5.41) is 20.1.